The monoisotopic (exact) mass is 381 g/mol. The first-order chi connectivity index (χ1) is 12.6. The first kappa shape index (κ1) is 21.1. The van der Waals surface area contributed by atoms with Gasteiger partial charge in [0.1, 0.15) is 5.78 Å². The van der Waals surface area contributed by atoms with Crippen LogP contribution in [-0.2, 0) is 10.2 Å². The zero-order valence-corrected chi connectivity index (χ0v) is 15.9. The zero-order chi connectivity index (χ0) is 20.4. The van der Waals surface area contributed by atoms with Crippen LogP contribution in [0.3, 0.4) is 0 Å². The third-order valence-electron chi connectivity index (χ3n) is 4.81. The van der Waals surface area contributed by atoms with Crippen LogP contribution in [-0.4, -0.2) is 31.3 Å². The summed E-state index contributed by atoms with van der Waals surface area (Å²) in [5, 5.41) is 0. The molecule has 0 aliphatic rings. The zero-order valence-electron chi connectivity index (χ0n) is 15.9. The maximum absolute atomic E-state index is 14.8. The van der Waals surface area contributed by atoms with Crippen molar-refractivity contribution in [2.24, 2.45) is 0 Å². The molecule has 0 aliphatic heterocycles. The number of halogens is 4. The van der Waals surface area contributed by atoms with Crippen LogP contribution in [0.15, 0.2) is 30.3 Å². The van der Waals surface area contributed by atoms with Crippen LogP contribution in [0, 0.1) is 30.2 Å². The molecule has 1 atom stereocenters. The molecule has 0 heterocycles. The topological polar surface area (TPSA) is 20.3 Å². The number of carbonyl (C=O) groups excluding carboxylic acids is 1. The fourth-order valence-electron chi connectivity index (χ4n) is 3.33. The van der Waals surface area contributed by atoms with E-state index in [1.165, 1.54) is 0 Å². The molecule has 2 aromatic rings. The van der Waals surface area contributed by atoms with Crippen molar-refractivity contribution in [1.82, 2.24) is 4.90 Å². The molecule has 146 valence electrons. The van der Waals surface area contributed by atoms with Crippen molar-refractivity contribution in [1.29, 1.82) is 0 Å². The normalized spacial score (nSPS) is 13.7. The lowest BCUT2D eigenvalue weighted by Gasteiger charge is -2.35. The van der Waals surface area contributed by atoms with Gasteiger partial charge in [-0.25, -0.2) is 17.6 Å². The Bertz CT molecular complexity index is 807. The lowest BCUT2D eigenvalue weighted by atomic mass is 9.67. The smallest absolute Gasteiger partial charge is 0.166 e. The number of rotatable bonds is 7. The highest BCUT2D eigenvalue weighted by molar-refractivity contribution is 5.94. The molecule has 27 heavy (non-hydrogen) atoms. The lowest BCUT2D eigenvalue weighted by molar-refractivity contribution is -0.123. The molecule has 2 nitrogen and oxygen atoms in total. The minimum absolute atomic E-state index is 0.0214. The van der Waals surface area contributed by atoms with E-state index in [0.717, 1.165) is 5.56 Å². The molecule has 0 aromatic heterocycles. The Labute approximate surface area is 156 Å². The molecule has 6 heteroatoms. The van der Waals surface area contributed by atoms with E-state index in [9.17, 15) is 22.4 Å². The number of benzene rings is 2. The Kier molecular flexibility index (Phi) is 6.42. The number of hydrogen-bond donors (Lipinski definition) is 0. The van der Waals surface area contributed by atoms with Crippen molar-refractivity contribution < 1.29 is 22.4 Å². The second-order valence-corrected chi connectivity index (χ2v) is 6.94. The summed E-state index contributed by atoms with van der Waals surface area (Å²) >= 11 is 0. The van der Waals surface area contributed by atoms with Gasteiger partial charge in [0.15, 0.2) is 23.3 Å². The number of ketones is 1. The van der Waals surface area contributed by atoms with E-state index < -0.39 is 40.0 Å². The first-order valence-corrected chi connectivity index (χ1v) is 8.73. The number of aryl methyl sites for hydroxylation is 1. The Morgan fingerprint density at radius 1 is 1.00 bits per heavy atom. The summed E-state index contributed by atoms with van der Waals surface area (Å²) in [4.78, 5) is 14.8. The summed E-state index contributed by atoms with van der Waals surface area (Å²) in [6, 6.07) is 6.74. The van der Waals surface area contributed by atoms with Gasteiger partial charge in [-0.2, -0.15) is 0 Å². The molecule has 0 spiro atoms. The van der Waals surface area contributed by atoms with Crippen LogP contribution in [0.25, 0.3) is 0 Å². The lowest BCUT2D eigenvalue weighted by Crippen LogP contribution is -2.41. The minimum Gasteiger partial charge on any atom is -0.309 e. The summed E-state index contributed by atoms with van der Waals surface area (Å²) < 4.78 is 57.5. The third kappa shape index (κ3) is 3.90. The quantitative estimate of drug-likeness (QED) is 0.509. The minimum atomic E-state index is -1.83. The van der Waals surface area contributed by atoms with E-state index in [1.807, 2.05) is 6.92 Å². The molecular formula is C21H23F4NO. The standard InChI is InChI=1S/C21H23F4NO/c1-5-17(27)21(10-11-26(3)4,14-8-6-13(2)7-9-14)18-19(24)15(22)12-16(23)20(18)25/h6-9,12H,5,10-11H2,1-4H3/t21-/m1/s1. The molecule has 0 radical (unpaired) electrons. The summed E-state index contributed by atoms with van der Waals surface area (Å²) in [6.07, 6.45) is -0.0647. The summed E-state index contributed by atoms with van der Waals surface area (Å²) in [7, 11) is 3.49. The molecule has 0 saturated heterocycles. The van der Waals surface area contributed by atoms with Gasteiger partial charge in [0, 0.05) is 18.1 Å². The molecule has 0 saturated carbocycles. The second kappa shape index (κ2) is 8.21. The summed E-state index contributed by atoms with van der Waals surface area (Å²) in [5.41, 5.74) is -1.50. The van der Waals surface area contributed by atoms with Crippen LogP contribution < -0.4 is 0 Å². The van der Waals surface area contributed by atoms with E-state index in [-0.39, 0.29) is 25.5 Å². The molecule has 0 aliphatic carbocycles. The van der Waals surface area contributed by atoms with Crippen molar-refractivity contribution in [3.63, 3.8) is 0 Å². The summed E-state index contributed by atoms with van der Waals surface area (Å²) in [6.45, 7) is 3.68. The summed E-state index contributed by atoms with van der Waals surface area (Å²) in [5.74, 6) is -6.61. The first-order valence-electron chi connectivity index (χ1n) is 8.73. The van der Waals surface area contributed by atoms with Crippen molar-refractivity contribution >= 4 is 5.78 Å². The second-order valence-electron chi connectivity index (χ2n) is 6.94. The van der Waals surface area contributed by atoms with Gasteiger partial charge in [0.25, 0.3) is 0 Å². The molecule has 0 fully saturated rings. The molecular weight excluding hydrogens is 358 g/mol. The van der Waals surface area contributed by atoms with E-state index in [0.29, 0.717) is 5.56 Å². The highest BCUT2D eigenvalue weighted by Crippen LogP contribution is 2.42. The Hall–Kier alpha value is -2.21. The van der Waals surface area contributed by atoms with Gasteiger partial charge in [-0.05, 0) is 39.5 Å². The van der Waals surface area contributed by atoms with Crippen LogP contribution in [0.4, 0.5) is 17.6 Å². The van der Waals surface area contributed by atoms with Crippen LogP contribution in [0.1, 0.15) is 36.5 Å². The molecule has 2 rings (SSSR count). The van der Waals surface area contributed by atoms with Crippen LogP contribution in [0.5, 0.6) is 0 Å². The largest absolute Gasteiger partial charge is 0.309 e. The Balaban J connectivity index is 2.91. The van der Waals surface area contributed by atoms with E-state index in [1.54, 1.807) is 50.2 Å². The number of hydrogen-bond acceptors (Lipinski definition) is 2. The molecule has 0 bridgehead atoms. The van der Waals surface area contributed by atoms with Gasteiger partial charge in [-0.15, -0.1) is 0 Å². The van der Waals surface area contributed by atoms with E-state index >= 15 is 0 Å². The average Bonchev–Trinajstić information content (AvgIpc) is 2.63. The van der Waals surface area contributed by atoms with Crippen molar-refractivity contribution in [2.75, 3.05) is 20.6 Å². The predicted octanol–water partition coefficient (Wildman–Crippen LogP) is 4.77. The highest BCUT2D eigenvalue weighted by atomic mass is 19.2. The Morgan fingerprint density at radius 2 is 1.52 bits per heavy atom. The van der Waals surface area contributed by atoms with Gasteiger partial charge in [0.05, 0.1) is 5.41 Å². The van der Waals surface area contributed by atoms with Gasteiger partial charge in [-0.3, -0.25) is 4.79 Å². The SMILES string of the molecule is CCC(=O)[C@@](CCN(C)C)(c1ccc(C)cc1)c1c(F)c(F)cc(F)c1F. The van der Waals surface area contributed by atoms with Crippen molar-refractivity contribution in [3.8, 4) is 0 Å². The number of Topliss-reactive ketones (excluding diaryl/α,β-unsaturated/α-hetero) is 1. The predicted molar refractivity (Wildman–Crippen MR) is 96.7 cm³/mol. The van der Waals surface area contributed by atoms with Gasteiger partial charge in [0.2, 0.25) is 0 Å². The molecule has 2 aromatic carbocycles. The van der Waals surface area contributed by atoms with E-state index in [2.05, 4.69) is 0 Å². The van der Waals surface area contributed by atoms with Crippen LogP contribution in [0.2, 0.25) is 0 Å². The van der Waals surface area contributed by atoms with Crippen molar-refractivity contribution in [2.45, 2.75) is 32.1 Å². The highest BCUT2D eigenvalue weighted by Gasteiger charge is 2.46. The van der Waals surface area contributed by atoms with Gasteiger partial charge >= 0.3 is 0 Å². The average molecular weight is 381 g/mol. The molecule has 0 unspecified atom stereocenters. The number of nitrogens with zero attached hydrogens (tertiary/aromatic N) is 1. The molecule has 0 N–H and O–H groups in total. The Morgan fingerprint density at radius 3 is 1.96 bits per heavy atom. The van der Waals surface area contributed by atoms with E-state index in [4.69, 9.17) is 0 Å². The van der Waals surface area contributed by atoms with Gasteiger partial charge < -0.3 is 4.90 Å². The maximum Gasteiger partial charge on any atom is 0.166 e. The maximum atomic E-state index is 14.8. The third-order valence-corrected chi connectivity index (χ3v) is 4.81. The fraction of sp³-hybridized carbons (Fsp3) is 0.381. The fourth-order valence-corrected chi connectivity index (χ4v) is 3.33. The van der Waals surface area contributed by atoms with Crippen LogP contribution >= 0.6 is 0 Å². The molecule has 0 amide bonds. The van der Waals surface area contributed by atoms with Gasteiger partial charge in [-0.1, -0.05) is 36.8 Å². The van der Waals surface area contributed by atoms with Crippen molar-refractivity contribution in [3.05, 3.63) is 70.3 Å². The number of carbonyl (C=O) groups is 1.